The van der Waals surface area contributed by atoms with E-state index in [4.69, 9.17) is 0 Å². The van der Waals surface area contributed by atoms with E-state index in [1.165, 1.54) is 0 Å². The van der Waals surface area contributed by atoms with Crippen molar-refractivity contribution in [2.75, 3.05) is 19.0 Å². The van der Waals surface area contributed by atoms with Gasteiger partial charge < -0.3 is 9.88 Å². The van der Waals surface area contributed by atoms with Gasteiger partial charge in [0, 0.05) is 25.3 Å². The standard InChI is InChI=1S/C17H17N3O/c1-11-8-9-14-13(10-11)17(21)19-16(18-14)12-6-4-5-7-15(12)20(2)3/h4-10H,1-3H3,(H,18,19,21). The average molecular weight is 279 g/mol. The van der Waals surface area contributed by atoms with E-state index in [0.29, 0.717) is 16.7 Å². The number of para-hydroxylation sites is 1. The maximum Gasteiger partial charge on any atom is 0.259 e. The Bertz CT molecular complexity index is 865. The van der Waals surface area contributed by atoms with Crippen LogP contribution in [0.2, 0.25) is 0 Å². The number of aryl methyl sites for hydroxylation is 1. The second-order valence-electron chi connectivity index (χ2n) is 5.35. The summed E-state index contributed by atoms with van der Waals surface area (Å²) in [6.07, 6.45) is 0. The maximum absolute atomic E-state index is 12.3. The van der Waals surface area contributed by atoms with Crippen molar-refractivity contribution >= 4 is 16.6 Å². The maximum atomic E-state index is 12.3. The van der Waals surface area contributed by atoms with Gasteiger partial charge in [-0.05, 0) is 31.2 Å². The van der Waals surface area contributed by atoms with E-state index < -0.39 is 0 Å². The molecule has 0 amide bonds. The Balaban J connectivity index is 2.27. The number of aromatic nitrogens is 2. The second kappa shape index (κ2) is 5.05. The lowest BCUT2D eigenvalue weighted by Gasteiger charge is -2.16. The minimum absolute atomic E-state index is 0.104. The zero-order valence-electron chi connectivity index (χ0n) is 12.3. The second-order valence-corrected chi connectivity index (χ2v) is 5.35. The van der Waals surface area contributed by atoms with E-state index in [0.717, 1.165) is 16.8 Å². The first-order valence-electron chi connectivity index (χ1n) is 6.83. The molecule has 21 heavy (non-hydrogen) atoms. The van der Waals surface area contributed by atoms with Gasteiger partial charge in [-0.2, -0.15) is 0 Å². The number of hydrogen-bond donors (Lipinski definition) is 1. The fourth-order valence-electron chi connectivity index (χ4n) is 2.44. The summed E-state index contributed by atoms with van der Waals surface area (Å²) >= 11 is 0. The van der Waals surface area contributed by atoms with Crippen molar-refractivity contribution in [1.82, 2.24) is 9.97 Å². The first-order valence-corrected chi connectivity index (χ1v) is 6.83. The molecule has 3 aromatic rings. The smallest absolute Gasteiger partial charge is 0.259 e. The lowest BCUT2D eigenvalue weighted by molar-refractivity contribution is 1.11. The van der Waals surface area contributed by atoms with Crippen LogP contribution in [0.1, 0.15) is 5.56 Å². The Morgan fingerprint density at radius 1 is 1.10 bits per heavy atom. The predicted molar refractivity (Wildman–Crippen MR) is 86.9 cm³/mol. The van der Waals surface area contributed by atoms with Crippen molar-refractivity contribution in [3.8, 4) is 11.4 Å². The van der Waals surface area contributed by atoms with Crippen LogP contribution in [-0.4, -0.2) is 24.1 Å². The minimum Gasteiger partial charge on any atom is -0.377 e. The molecule has 0 saturated heterocycles. The van der Waals surface area contributed by atoms with Crippen molar-refractivity contribution in [2.45, 2.75) is 6.92 Å². The highest BCUT2D eigenvalue weighted by Gasteiger charge is 2.10. The molecule has 0 saturated carbocycles. The van der Waals surface area contributed by atoms with Gasteiger partial charge in [0.25, 0.3) is 5.56 Å². The highest BCUT2D eigenvalue weighted by Crippen LogP contribution is 2.27. The number of rotatable bonds is 2. The van der Waals surface area contributed by atoms with Crippen molar-refractivity contribution in [3.05, 3.63) is 58.4 Å². The number of nitrogens with one attached hydrogen (secondary N) is 1. The van der Waals surface area contributed by atoms with Gasteiger partial charge in [0.05, 0.1) is 10.9 Å². The monoisotopic (exact) mass is 279 g/mol. The molecule has 0 radical (unpaired) electrons. The first kappa shape index (κ1) is 13.4. The van der Waals surface area contributed by atoms with Crippen molar-refractivity contribution in [3.63, 3.8) is 0 Å². The lowest BCUT2D eigenvalue weighted by atomic mass is 10.1. The molecule has 1 aromatic heterocycles. The highest BCUT2D eigenvalue weighted by molar-refractivity contribution is 5.82. The Hall–Kier alpha value is -2.62. The Labute approximate surface area is 123 Å². The molecular formula is C17H17N3O. The first-order chi connectivity index (χ1) is 10.1. The molecule has 3 rings (SSSR count). The molecule has 0 spiro atoms. The average Bonchev–Trinajstić information content (AvgIpc) is 2.47. The fourth-order valence-corrected chi connectivity index (χ4v) is 2.44. The van der Waals surface area contributed by atoms with Gasteiger partial charge in [0.15, 0.2) is 0 Å². The van der Waals surface area contributed by atoms with Gasteiger partial charge >= 0.3 is 0 Å². The number of benzene rings is 2. The van der Waals surface area contributed by atoms with Crippen LogP contribution in [0, 0.1) is 6.92 Å². The van der Waals surface area contributed by atoms with Gasteiger partial charge in [0.2, 0.25) is 0 Å². The topological polar surface area (TPSA) is 49.0 Å². The molecule has 0 unspecified atom stereocenters. The Morgan fingerprint density at radius 3 is 2.62 bits per heavy atom. The van der Waals surface area contributed by atoms with Crippen LogP contribution in [0.15, 0.2) is 47.3 Å². The van der Waals surface area contributed by atoms with Gasteiger partial charge in [-0.3, -0.25) is 4.79 Å². The molecule has 2 aromatic carbocycles. The van der Waals surface area contributed by atoms with Crippen LogP contribution in [-0.2, 0) is 0 Å². The Kier molecular flexibility index (Phi) is 3.22. The Morgan fingerprint density at radius 2 is 1.86 bits per heavy atom. The number of fused-ring (bicyclic) bond motifs is 1. The van der Waals surface area contributed by atoms with Crippen LogP contribution in [0.5, 0.6) is 0 Å². The van der Waals surface area contributed by atoms with Gasteiger partial charge in [-0.1, -0.05) is 23.8 Å². The number of aromatic amines is 1. The zero-order chi connectivity index (χ0) is 15.0. The van der Waals surface area contributed by atoms with Crippen LogP contribution in [0.3, 0.4) is 0 Å². The number of H-pyrrole nitrogens is 1. The van der Waals surface area contributed by atoms with E-state index in [1.807, 2.05) is 68.4 Å². The summed E-state index contributed by atoms with van der Waals surface area (Å²) in [4.78, 5) is 21.8. The number of hydrogen-bond acceptors (Lipinski definition) is 3. The van der Waals surface area contributed by atoms with Crippen molar-refractivity contribution in [1.29, 1.82) is 0 Å². The third kappa shape index (κ3) is 2.40. The highest BCUT2D eigenvalue weighted by atomic mass is 16.1. The van der Waals surface area contributed by atoms with E-state index in [1.54, 1.807) is 0 Å². The van der Waals surface area contributed by atoms with Crippen LogP contribution in [0.4, 0.5) is 5.69 Å². The molecule has 1 N–H and O–H groups in total. The molecular weight excluding hydrogens is 262 g/mol. The number of nitrogens with zero attached hydrogens (tertiary/aromatic N) is 2. The zero-order valence-corrected chi connectivity index (χ0v) is 12.3. The number of anilines is 1. The third-order valence-corrected chi connectivity index (χ3v) is 3.50. The summed E-state index contributed by atoms with van der Waals surface area (Å²) in [6.45, 7) is 1.97. The molecule has 0 aliphatic rings. The van der Waals surface area contributed by atoms with Gasteiger partial charge in [-0.25, -0.2) is 4.98 Å². The molecule has 0 fully saturated rings. The summed E-state index contributed by atoms with van der Waals surface area (Å²) < 4.78 is 0. The third-order valence-electron chi connectivity index (χ3n) is 3.50. The van der Waals surface area contributed by atoms with Crippen LogP contribution in [0.25, 0.3) is 22.3 Å². The van der Waals surface area contributed by atoms with E-state index in [-0.39, 0.29) is 5.56 Å². The minimum atomic E-state index is -0.104. The SMILES string of the molecule is Cc1ccc2nc(-c3ccccc3N(C)C)[nH]c(=O)c2c1. The predicted octanol–water partition coefficient (Wildman–Crippen LogP) is 2.96. The summed E-state index contributed by atoms with van der Waals surface area (Å²) in [5.74, 6) is 0.598. The quantitative estimate of drug-likeness (QED) is 0.784. The molecule has 0 aliphatic heterocycles. The van der Waals surface area contributed by atoms with Crippen LogP contribution >= 0.6 is 0 Å². The normalized spacial score (nSPS) is 10.8. The fraction of sp³-hybridized carbons (Fsp3) is 0.176. The van der Waals surface area contributed by atoms with Gasteiger partial charge in [0.1, 0.15) is 5.82 Å². The summed E-state index contributed by atoms with van der Waals surface area (Å²) in [6, 6.07) is 13.6. The van der Waals surface area contributed by atoms with E-state index >= 15 is 0 Å². The summed E-state index contributed by atoms with van der Waals surface area (Å²) in [5, 5.41) is 0.626. The molecule has 1 heterocycles. The van der Waals surface area contributed by atoms with Crippen molar-refractivity contribution in [2.24, 2.45) is 0 Å². The molecule has 0 atom stereocenters. The molecule has 4 heteroatoms. The van der Waals surface area contributed by atoms with Crippen LogP contribution < -0.4 is 10.5 Å². The van der Waals surface area contributed by atoms with E-state index in [2.05, 4.69) is 9.97 Å². The lowest BCUT2D eigenvalue weighted by Crippen LogP contribution is -2.13. The van der Waals surface area contributed by atoms with Gasteiger partial charge in [-0.15, -0.1) is 0 Å². The molecule has 4 nitrogen and oxygen atoms in total. The molecule has 0 bridgehead atoms. The molecule has 0 aliphatic carbocycles. The van der Waals surface area contributed by atoms with E-state index in [9.17, 15) is 4.79 Å². The molecule has 106 valence electrons. The van der Waals surface area contributed by atoms with Crippen molar-refractivity contribution < 1.29 is 0 Å². The summed E-state index contributed by atoms with van der Waals surface area (Å²) in [7, 11) is 3.95. The largest absolute Gasteiger partial charge is 0.377 e. The summed E-state index contributed by atoms with van der Waals surface area (Å²) in [5.41, 5.74) is 3.60.